The van der Waals surface area contributed by atoms with Crippen molar-refractivity contribution in [2.45, 2.75) is 77.0 Å². The summed E-state index contributed by atoms with van der Waals surface area (Å²) in [7, 11) is -3.04. The van der Waals surface area contributed by atoms with Gasteiger partial charge in [0.05, 0.1) is 10.5 Å². The SMILES string of the molecule is CC1(C)CCC(N)(CCS(=O)(=O)C(C)(C)C)CC1. The zero-order valence-electron chi connectivity index (χ0n) is 12.5. The summed E-state index contributed by atoms with van der Waals surface area (Å²) in [4.78, 5) is 0. The Hall–Kier alpha value is -0.0900. The minimum absolute atomic E-state index is 0.216. The molecule has 108 valence electrons. The summed E-state index contributed by atoms with van der Waals surface area (Å²) in [6.45, 7) is 9.80. The van der Waals surface area contributed by atoms with E-state index < -0.39 is 14.6 Å². The quantitative estimate of drug-likeness (QED) is 0.861. The van der Waals surface area contributed by atoms with Gasteiger partial charge in [-0.1, -0.05) is 13.8 Å². The first-order chi connectivity index (χ1) is 7.87. The average Bonchev–Trinajstić information content (AvgIpc) is 2.19. The van der Waals surface area contributed by atoms with E-state index in [1.54, 1.807) is 20.8 Å². The monoisotopic (exact) mass is 275 g/mol. The molecular formula is C14H29NO2S. The van der Waals surface area contributed by atoms with E-state index in [4.69, 9.17) is 5.73 Å². The van der Waals surface area contributed by atoms with E-state index in [0.717, 1.165) is 25.7 Å². The molecule has 0 aromatic carbocycles. The summed E-state index contributed by atoms with van der Waals surface area (Å²) in [6, 6.07) is 0. The maximum Gasteiger partial charge on any atom is 0.155 e. The van der Waals surface area contributed by atoms with E-state index >= 15 is 0 Å². The van der Waals surface area contributed by atoms with Crippen LogP contribution in [0, 0.1) is 5.41 Å². The third-order valence-corrected chi connectivity index (χ3v) is 7.01. The van der Waals surface area contributed by atoms with Gasteiger partial charge in [-0.2, -0.15) is 0 Å². The first-order valence-electron chi connectivity index (χ1n) is 6.88. The van der Waals surface area contributed by atoms with Crippen LogP contribution in [0.1, 0.15) is 66.7 Å². The fourth-order valence-electron chi connectivity index (χ4n) is 2.32. The van der Waals surface area contributed by atoms with Crippen LogP contribution in [-0.2, 0) is 9.84 Å². The van der Waals surface area contributed by atoms with Crippen molar-refractivity contribution in [2.24, 2.45) is 11.1 Å². The average molecular weight is 275 g/mol. The second kappa shape index (κ2) is 4.78. The highest BCUT2D eigenvalue weighted by Gasteiger charge is 2.37. The summed E-state index contributed by atoms with van der Waals surface area (Å²) < 4.78 is 23.5. The van der Waals surface area contributed by atoms with Gasteiger partial charge in [0, 0.05) is 5.54 Å². The third kappa shape index (κ3) is 3.95. The molecule has 2 N–H and O–H groups in total. The van der Waals surface area contributed by atoms with Gasteiger partial charge in [-0.15, -0.1) is 0 Å². The lowest BCUT2D eigenvalue weighted by molar-refractivity contribution is 0.162. The molecular weight excluding hydrogens is 246 g/mol. The van der Waals surface area contributed by atoms with Gasteiger partial charge in [0.25, 0.3) is 0 Å². The Balaban J connectivity index is 2.60. The Kier molecular flexibility index (Phi) is 4.24. The van der Waals surface area contributed by atoms with Gasteiger partial charge in [0.2, 0.25) is 0 Å². The first-order valence-corrected chi connectivity index (χ1v) is 8.53. The predicted octanol–water partition coefficient (Wildman–Crippen LogP) is 2.89. The summed E-state index contributed by atoms with van der Waals surface area (Å²) in [6.07, 6.45) is 4.68. The molecule has 0 aromatic rings. The lowest BCUT2D eigenvalue weighted by Gasteiger charge is -2.41. The number of nitrogens with two attached hydrogens (primary N) is 1. The number of hydrogen-bond acceptors (Lipinski definition) is 3. The highest BCUT2D eigenvalue weighted by Crippen LogP contribution is 2.40. The Morgan fingerprint density at radius 3 is 1.89 bits per heavy atom. The zero-order chi connectivity index (χ0) is 14.2. The normalized spacial score (nSPS) is 23.9. The molecule has 0 heterocycles. The molecule has 0 aromatic heterocycles. The lowest BCUT2D eigenvalue weighted by atomic mass is 9.69. The van der Waals surface area contributed by atoms with Crippen molar-refractivity contribution in [3.05, 3.63) is 0 Å². The van der Waals surface area contributed by atoms with Crippen LogP contribution >= 0.6 is 0 Å². The van der Waals surface area contributed by atoms with Gasteiger partial charge in [-0.3, -0.25) is 0 Å². The molecule has 1 fully saturated rings. The number of sulfone groups is 1. The van der Waals surface area contributed by atoms with Gasteiger partial charge in [-0.05, 0) is 58.3 Å². The van der Waals surface area contributed by atoms with E-state index in [1.165, 1.54) is 0 Å². The number of hydrogen-bond donors (Lipinski definition) is 1. The third-order valence-electron chi connectivity index (χ3n) is 4.40. The maximum absolute atomic E-state index is 12.1. The van der Waals surface area contributed by atoms with Crippen molar-refractivity contribution < 1.29 is 8.42 Å². The number of rotatable bonds is 3. The predicted molar refractivity (Wildman–Crippen MR) is 77.3 cm³/mol. The van der Waals surface area contributed by atoms with Crippen molar-refractivity contribution in [3.8, 4) is 0 Å². The Bertz CT molecular complexity index is 381. The minimum Gasteiger partial charge on any atom is -0.325 e. The minimum atomic E-state index is -3.04. The molecule has 0 spiro atoms. The van der Waals surface area contributed by atoms with E-state index in [1.807, 2.05) is 0 Å². The zero-order valence-corrected chi connectivity index (χ0v) is 13.4. The summed E-state index contributed by atoms with van der Waals surface area (Å²) >= 11 is 0. The van der Waals surface area contributed by atoms with Gasteiger partial charge in [-0.25, -0.2) is 8.42 Å². The fourth-order valence-corrected chi connectivity index (χ4v) is 3.61. The second-order valence-electron chi connectivity index (χ2n) is 7.71. The van der Waals surface area contributed by atoms with Crippen LogP contribution in [0.3, 0.4) is 0 Å². The molecule has 1 aliphatic carbocycles. The van der Waals surface area contributed by atoms with Crippen LogP contribution in [0.5, 0.6) is 0 Å². The Morgan fingerprint density at radius 2 is 1.50 bits per heavy atom. The molecule has 0 bridgehead atoms. The topological polar surface area (TPSA) is 60.2 Å². The van der Waals surface area contributed by atoms with Gasteiger partial charge in [0.1, 0.15) is 0 Å². The van der Waals surface area contributed by atoms with Crippen molar-refractivity contribution in [1.82, 2.24) is 0 Å². The van der Waals surface area contributed by atoms with Crippen LogP contribution in [0.25, 0.3) is 0 Å². The lowest BCUT2D eigenvalue weighted by Crippen LogP contribution is -2.47. The molecule has 0 atom stereocenters. The van der Waals surface area contributed by atoms with Crippen LogP contribution in [0.4, 0.5) is 0 Å². The molecule has 0 amide bonds. The first kappa shape index (κ1) is 16.0. The summed E-state index contributed by atoms with van der Waals surface area (Å²) in [5.74, 6) is 0.216. The summed E-state index contributed by atoms with van der Waals surface area (Å²) in [5.41, 5.74) is 6.46. The largest absolute Gasteiger partial charge is 0.325 e. The van der Waals surface area contributed by atoms with Crippen LogP contribution < -0.4 is 5.73 Å². The molecule has 1 rings (SSSR count). The Labute approximate surface area is 112 Å². The molecule has 1 saturated carbocycles. The molecule has 0 radical (unpaired) electrons. The molecule has 0 aliphatic heterocycles. The van der Waals surface area contributed by atoms with E-state index in [9.17, 15) is 8.42 Å². The summed E-state index contributed by atoms with van der Waals surface area (Å²) in [5, 5.41) is 0. The molecule has 1 aliphatic rings. The van der Waals surface area contributed by atoms with E-state index in [-0.39, 0.29) is 11.3 Å². The molecule has 3 nitrogen and oxygen atoms in total. The molecule has 18 heavy (non-hydrogen) atoms. The van der Waals surface area contributed by atoms with Crippen molar-refractivity contribution in [2.75, 3.05) is 5.75 Å². The van der Waals surface area contributed by atoms with Crippen LogP contribution in [0.2, 0.25) is 0 Å². The molecule has 0 unspecified atom stereocenters. The highest BCUT2D eigenvalue weighted by molar-refractivity contribution is 7.92. The van der Waals surface area contributed by atoms with E-state index in [2.05, 4.69) is 13.8 Å². The molecule has 4 heteroatoms. The van der Waals surface area contributed by atoms with Gasteiger partial charge in [0.15, 0.2) is 9.84 Å². The van der Waals surface area contributed by atoms with Gasteiger partial charge < -0.3 is 5.73 Å². The van der Waals surface area contributed by atoms with Crippen molar-refractivity contribution in [3.63, 3.8) is 0 Å². The molecule has 0 saturated heterocycles. The van der Waals surface area contributed by atoms with Crippen molar-refractivity contribution >= 4 is 9.84 Å². The van der Waals surface area contributed by atoms with Gasteiger partial charge >= 0.3 is 0 Å². The Morgan fingerprint density at radius 1 is 1.06 bits per heavy atom. The standard InChI is InChI=1S/C14H29NO2S/c1-12(2,3)18(16,17)11-10-14(15)8-6-13(4,5)7-9-14/h6-11,15H2,1-5H3. The smallest absolute Gasteiger partial charge is 0.155 e. The van der Waals surface area contributed by atoms with E-state index in [0.29, 0.717) is 11.8 Å². The second-order valence-corrected chi connectivity index (χ2v) is 10.6. The van der Waals surface area contributed by atoms with Crippen LogP contribution in [0.15, 0.2) is 0 Å². The maximum atomic E-state index is 12.1. The van der Waals surface area contributed by atoms with Crippen molar-refractivity contribution in [1.29, 1.82) is 0 Å². The fraction of sp³-hybridized carbons (Fsp3) is 1.00. The highest BCUT2D eigenvalue weighted by atomic mass is 32.2. The van der Waals surface area contributed by atoms with Crippen LogP contribution in [-0.4, -0.2) is 24.5 Å².